The molecule has 7 N–H and O–H groups in total. The van der Waals surface area contributed by atoms with Gasteiger partial charge in [0.15, 0.2) is 5.96 Å². The number of carbonyl (C=O) groups is 1. The van der Waals surface area contributed by atoms with Gasteiger partial charge in [-0.2, -0.15) is 0 Å². The molecule has 0 aromatic heterocycles. The van der Waals surface area contributed by atoms with Crippen molar-refractivity contribution in [3.63, 3.8) is 0 Å². The van der Waals surface area contributed by atoms with E-state index in [2.05, 4.69) is 0 Å². The van der Waals surface area contributed by atoms with Crippen LogP contribution < -0.4 is 5.73 Å². The van der Waals surface area contributed by atoms with Crippen molar-refractivity contribution in [1.82, 2.24) is 9.80 Å². The van der Waals surface area contributed by atoms with E-state index in [4.69, 9.17) is 11.1 Å². The Morgan fingerprint density at radius 1 is 1.40 bits per heavy atom. The average molecular weight is 357 g/mol. The molecule has 118 valence electrons. The summed E-state index contributed by atoms with van der Waals surface area (Å²) in [5.74, 6) is -0.811. The zero-order valence-corrected chi connectivity index (χ0v) is 12.7. The number of hydrogen-bond donors (Lipinski definition) is 6. The van der Waals surface area contributed by atoms with E-state index in [0.717, 1.165) is 4.90 Å². The van der Waals surface area contributed by atoms with Crippen LogP contribution in [0.3, 0.4) is 0 Å². The predicted octanol–water partition coefficient (Wildman–Crippen LogP) is -3.32. The fraction of sp³-hybridized carbons (Fsp3) is 0.800. The van der Waals surface area contributed by atoms with Gasteiger partial charge in [-0.1, -0.05) is 0 Å². The van der Waals surface area contributed by atoms with Crippen LogP contribution in [0.5, 0.6) is 0 Å². The Kier molecular flexibility index (Phi) is 7.38. The van der Waals surface area contributed by atoms with Crippen LogP contribution in [0.1, 0.15) is 0 Å². The molecule has 0 spiro atoms. The number of aliphatic hydroxyl groups is 4. The molecule has 1 fully saturated rings. The molecule has 0 aromatic carbocycles. The van der Waals surface area contributed by atoms with Crippen molar-refractivity contribution >= 4 is 28.8 Å². The quantitative estimate of drug-likeness (QED) is 0.228. The van der Waals surface area contributed by atoms with Crippen molar-refractivity contribution in [3.8, 4) is 0 Å². The molecule has 0 unspecified atom stereocenters. The summed E-state index contributed by atoms with van der Waals surface area (Å²) < 4.78 is 0. The zero-order chi connectivity index (χ0) is 14.7. The zero-order valence-electron chi connectivity index (χ0n) is 11.0. The molecule has 1 aliphatic heterocycles. The molecule has 20 heavy (non-hydrogen) atoms. The van der Waals surface area contributed by atoms with Crippen LogP contribution in [-0.2, 0) is 4.79 Å². The Labute approximate surface area is 126 Å². The first kappa shape index (κ1) is 19.1. The molecule has 0 bridgehead atoms. The summed E-state index contributed by atoms with van der Waals surface area (Å²) in [6.07, 6.45) is -4.13. The van der Waals surface area contributed by atoms with E-state index in [1.165, 1.54) is 11.9 Å². The molecule has 1 aliphatic rings. The lowest BCUT2D eigenvalue weighted by molar-refractivity contribution is -0.166. The van der Waals surface area contributed by atoms with Crippen molar-refractivity contribution in [1.29, 1.82) is 5.41 Å². The molecular formula is C10H21BrN4O5. The van der Waals surface area contributed by atoms with Crippen molar-refractivity contribution < 1.29 is 25.2 Å². The molecule has 1 saturated heterocycles. The van der Waals surface area contributed by atoms with E-state index in [0.29, 0.717) is 0 Å². The van der Waals surface area contributed by atoms with E-state index >= 15 is 0 Å². The third-order valence-electron chi connectivity index (χ3n) is 3.21. The van der Waals surface area contributed by atoms with Crippen molar-refractivity contribution in [2.24, 2.45) is 5.73 Å². The van der Waals surface area contributed by atoms with Gasteiger partial charge in [0, 0.05) is 13.6 Å². The number of nitrogens with two attached hydrogens (primary N) is 1. The number of carbonyl (C=O) groups excluding carboxylic acids is 1. The van der Waals surface area contributed by atoms with E-state index < -0.39 is 36.9 Å². The van der Waals surface area contributed by atoms with E-state index in [-0.39, 0.29) is 36.0 Å². The number of aliphatic hydroxyl groups excluding tert-OH is 4. The standard InChI is InChI=1S/C10H20N4O5.BrH/c1-13(10(11)12)3-7(17)14-2-6(16)9(19)8(18)5(14)4-15;/h5-6,8-9,15-16,18-19H,2-4H2,1H3,(H3,11,12);1H/t5-,6+,8-,9-;/m1./s1. The van der Waals surface area contributed by atoms with Gasteiger partial charge < -0.3 is 36.0 Å². The second kappa shape index (κ2) is 7.74. The number of rotatable bonds is 3. The molecule has 4 atom stereocenters. The van der Waals surface area contributed by atoms with Gasteiger partial charge >= 0.3 is 0 Å². The molecule has 1 heterocycles. The molecule has 9 nitrogen and oxygen atoms in total. The largest absolute Gasteiger partial charge is 0.394 e. The highest BCUT2D eigenvalue weighted by Gasteiger charge is 2.43. The Hall–Kier alpha value is -0.940. The molecule has 0 saturated carbocycles. The maximum Gasteiger partial charge on any atom is 0.242 e. The second-order valence-electron chi connectivity index (χ2n) is 4.59. The lowest BCUT2D eigenvalue weighted by Gasteiger charge is -2.43. The average Bonchev–Trinajstić information content (AvgIpc) is 2.35. The lowest BCUT2D eigenvalue weighted by Crippen LogP contribution is -2.65. The van der Waals surface area contributed by atoms with Gasteiger partial charge in [-0.15, -0.1) is 17.0 Å². The molecule has 1 amide bonds. The molecule has 10 heteroatoms. The van der Waals surface area contributed by atoms with Gasteiger partial charge in [0.25, 0.3) is 0 Å². The molecule has 0 radical (unpaired) electrons. The van der Waals surface area contributed by atoms with Crippen molar-refractivity contribution in [3.05, 3.63) is 0 Å². The van der Waals surface area contributed by atoms with Crippen molar-refractivity contribution in [2.45, 2.75) is 24.4 Å². The summed E-state index contributed by atoms with van der Waals surface area (Å²) in [5, 5.41) is 45.1. The number of hydrogen-bond acceptors (Lipinski definition) is 6. The fourth-order valence-corrected chi connectivity index (χ4v) is 1.96. The molecule has 1 rings (SSSR count). The number of piperidine rings is 1. The van der Waals surface area contributed by atoms with E-state index in [1.807, 2.05) is 0 Å². The van der Waals surface area contributed by atoms with Gasteiger partial charge in [0.1, 0.15) is 18.3 Å². The summed E-state index contributed by atoms with van der Waals surface area (Å²) in [5.41, 5.74) is 5.21. The van der Waals surface area contributed by atoms with Gasteiger partial charge in [-0.3, -0.25) is 10.2 Å². The topological polar surface area (TPSA) is 154 Å². The maximum atomic E-state index is 12.0. The summed E-state index contributed by atoms with van der Waals surface area (Å²) in [7, 11) is 1.44. The van der Waals surface area contributed by atoms with Crippen LogP contribution in [0.25, 0.3) is 0 Å². The summed E-state index contributed by atoms with van der Waals surface area (Å²) in [4.78, 5) is 14.3. The third kappa shape index (κ3) is 4.03. The first-order chi connectivity index (χ1) is 8.79. The number of halogens is 1. The van der Waals surface area contributed by atoms with Crippen LogP contribution in [0.4, 0.5) is 0 Å². The van der Waals surface area contributed by atoms with Crippen LogP contribution in [0, 0.1) is 5.41 Å². The highest BCUT2D eigenvalue weighted by atomic mass is 79.9. The minimum atomic E-state index is -1.43. The summed E-state index contributed by atoms with van der Waals surface area (Å²) >= 11 is 0. The van der Waals surface area contributed by atoms with E-state index in [9.17, 15) is 25.2 Å². The first-order valence-corrected chi connectivity index (χ1v) is 5.79. The Bertz CT molecular complexity index is 359. The third-order valence-corrected chi connectivity index (χ3v) is 3.21. The number of nitrogens with zero attached hydrogens (tertiary/aromatic N) is 2. The molecular weight excluding hydrogens is 336 g/mol. The maximum absolute atomic E-state index is 12.0. The number of guanidine groups is 1. The van der Waals surface area contributed by atoms with Crippen LogP contribution in [0.2, 0.25) is 0 Å². The normalized spacial score (nSPS) is 29.6. The lowest BCUT2D eigenvalue weighted by atomic mass is 9.94. The van der Waals surface area contributed by atoms with Crippen LogP contribution in [0.15, 0.2) is 0 Å². The fourth-order valence-electron chi connectivity index (χ4n) is 1.96. The number of β-amino-alcohol motifs (C(OH)–C–C–N with tert-alkyl or cyclic N) is 1. The van der Waals surface area contributed by atoms with Crippen LogP contribution in [-0.4, -0.2) is 93.2 Å². The SMILES string of the molecule is Br.CN(CC(=O)N1C[C@H](O)[C@@H](O)[C@H](O)[C@H]1CO)C(=N)N. The minimum Gasteiger partial charge on any atom is -0.394 e. The smallest absolute Gasteiger partial charge is 0.242 e. The van der Waals surface area contributed by atoms with Gasteiger partial charge in [0.2, 0.25) is 5.91 Å². The summed E-state index contributed by atoms with van der Waals surface area (Å²) in [6.45, 7) is -0.962. The van der Waals surface area contributed by atoms with Crippen LogP contribution >= 0.6 is 17.0 Å². The van der Waals surface area contributed by atoms with Gasteiger partial charge in [-0.25, -0.2) is 0 Å². The first-order valence-electron chi connectivity index (χ1n) is 5.79. The molecule has 0 aromatic rings. The minimum absolute atomic E-state index is 0. The Morgan fingerprint density at radius 2 is 1.95 bits per heavy atom. The highest BCUT2D eigenvalue weighted by molar-refractivity contribution is 8.93. The molecule has 0 aliphatic carbocycles. The second-order valence-corrected chi connectivity index (χ2v) is 4.59. The van der Waals surface area contributed by atoms with Crippen molar-refractivity contribution in [2.75, 3.05) is 26.7 Å². The Morgan fingerprint density at radius 3 is 2.40 bits per heavy atom. The van der Waals surface area contributed by atoms with Gasteiger partial charge in [0.05, 0.1) is 19.2 Å². The monoisotopic (exact) mass is 356 g/mol. The van der Waals surface area contributed by atoms with E-state index in [1.54, 1.807) is 0 Å². The number of likely N-dealkylation sites (N-methyl/N-ethyl adjacent to an activating group) is 1. The van der Waals surface area contributed by atoms with Gasteiger partial charge in [-0.05, 0) is 0 Å². The summed E-state index contributed by atoms with van der Waals surface area (Å²) in [6, 6.07) is -0.994. The number of nitrogens with one attached hydrogen (secondary N) is 1. The number of amides is 1. The predicted molar refractivity (Wildman–Crippen MR) is 75.5 cm³/mol. The highest BCUT2D eigenvalue weighted by Crippen LogP contribution is 2.19. The Balaban J connectivity index is 0.00000361. The number of likely N-dealkylation sites (tertiary alicyclic amines) is 1.